The zero-order chi connectivity index (χ0) is 26.1. The Kier molecular flexibility index (Phi) is 11.0. The minimum Gasteiger partial charge on any atom is -1.00 e. The molecule has 0 heterocycles. The third kappa shape index (κ3) is 8.28. The first-order valence-corrected chi connectivity index (χ1v) is 12.9. The van der Waals surface area contributed by atoms with Crippen LogP contribution in [0.2, 0.25) is 0 Å². The van der Waals surface area contributed by atoms with Gasteiger partial charge in [-0.15, -0.1) is 0 Å². The van der Waals surface area contributed by atoms with Crippen LogP contribution in [0.25, 0.3) is 0 Å². The molecule has 0 bridgehead atoms. The average Bonchev–Trinajstić information content (AvgIpc) is 2.87. The van der Waals surface area contributed by atoms with Gasteiger partial charge in [0.15, 0.2) is 0 Å². The lowest BCUT2D eigenvalue weighted by molar-refractivity contribution is -0.0000363. The van der Waals surface area contributed by atoms with Crippen LogP contribution in [0.4, 0.5) is 15.8 Å². The minimum atomic E-state index is -4.04. The van der Waals surface area contributed by atoms with Gasteiger partial charge in [-0.3, -0.25) is 9.52 Å². The lowest BCUT2D eigenvalue weighted by Gasteiger charge is -2.17. The van der Waals surface area contributed by atoms with E-state index >= 15 is 0 Å². The fourth-order valence-electron chi connectivity index (χ4n) is 3.37. The van der Waals surface area contributed by atoms with Crippen LogP contribution in [0.15, 0.2) is 77.7 Å². The molecule has 0 unspecified atom stereocenters. The summed E-state index contributed by atoms with van der Waals surface area (Å²) < 4.78 is 46.2. The summed E-state index contributed by atoms with van der Waals surface area (Å²) in [6.07, 6.45) is 0. The summed E-state index contributed by atoms with van der Waals surface area (Å²) >= 11 is 0. The van der Waals surface area contributed by atoms with Gasteiger partial charge in [0.1, 0.15) is 12.4 Å². The number of hydrogen-bond donors (Lipinski definition) is 2. The van der Waals surface area contributed by atoms with E-state index in [1.54, 1.807) is 36.4 Å². The molecule has 8 nitrogen and oxygen atoms in total. The molecule has 37 heavy (non-hydrogen) atoms. The molecule has 3 aromatic rings. The Morgan fingerprint density at radius 1 is 0.919 bits per heavy atom. The van der Waals surface area contributed by atoms with Gasteiger partial charge in [-0.1, -0.05) is 26.0 Å². The van der Waals surface area contributed by atoms with Crippen LogP contribution < -0.4 is 22.4 Å². The van der Waals surface area contributed by atoms with Crippen LogP contribution in [-0.2, 0) is 14.8 Å². The molecule has 0 spiro atoms. The van der Waals surface area contributed by atoms with E-state index in [9.17, 15) is 22.4 Å². The highest BCUT2D eigenvalue weighted by Crippen LogP contribution is 2.22. The summed E-state index contributed by atoms with van der Waals surface area (Å²) in [6, 6.07) is 16.7. The van der Waals surface area contributed by atoms with Crippen LogP contribution in [0.3, 0.4) is 0 Å². The van der Waals surface area contributed by atoms with E-state index in [2.05, 4.69) is 14.9 Å². The summed E-state index contributed by atoms with van der Waals surface area (Å²) in [5.74, 6) is -1.57. The number of benzene rings is 3. The standard InChI is InChI=1S/C26H28FN3O5S.ClH/c1-3-30(4-2)17-18-35-26(32)19-9-13-21(14-10-19)28-25(31)23-7-5-6-8-24(23)29-36(33,34)22-15-11-20(27)12-16-22;/h5-16,29H,3-4,17-18H2,1-2H3,(H,28,31);1H/p-1. The van der Waals surface area contributed by atoms with Gasteiger partial charge in [0.2, 0.25) is 0 Å². The summed E-state index contributed by atoms with van der Waals surface area (Å²) in [7, 11) is -4.04. The first-order valence-electron chi connectivity index (χ1n) is 11.4. The molecule has 2 N–H and O–H groups in total. The third-order valence-corrected chi connectivity index (χ3v) is 6.83. The predicted molar refractivity (Wildman–Crippen MR) is 136 cm³/mol. The van der Waals surface area contributed by atoms with Gasteiger partial charge in [0.25, 0.3) is 15.9 Å². The van der Waals surface area contributed by atoms with Crippen molar-refractivity contribution in [3.8, 4) is 0 Å². The molecule has 198 valence electrons. The Morgan fingerprint density at radius 2 is 1.54 bits per heavy atom. The number of ether oxygens (including phenoxy) is 1. The van der Waals surface area contributed by atoms with E-state index < -0.39 is 27.7 Å². The number of halogens is 2. The molecule has 0 aliphatic carbocycles. The van der Waals surface area contributed by atoms with Crippen molar-refractivity contribution in [2.45, 2.75) is 18.7 Å². The number of nitrogens with zero attached hydrogens (tertiary/aromatic N) is 1. The van der Waals surface area contributed by atoms with Crippen molar-refractivity contribution < 1.29 is 39.5 Å². The first kappa shape index (κ1) is 29.8. The fourth-order valence-corrected chi connectivity index (χ4v) is 4.45. The maximum absolute atomic E-state index is 13.2. The molecule has 0 fully saturated rings. The van der Waals surface area contributed by atoms with Crippen LogP contribution in [-0.4, -0.2) is 51.4 Å². The fraction of sp³-hybridized carbons (Fsp3) is 0.231. The SMILES string of the molecule is CCN(CC)CCOC(=O)c1ccc(NC(=O)c2ccccc2NS(=O)(=O)c2ccc(F)cc2)cc1.[Cl-]. The highest BCUT2D eigenvalue weighted by atomic mass is 35.5. The molecule has 0 aliphatic heterocycles. The number of anilines is 2. The van der Waals surface area contributed by atoms with Crippen molar-refractivity contribution in [3.63, 3.8) is 0 Å². The highest BCUT2D eigenvalue weighted by Gasteiger charge is 2.19. The molecule has 0 radical (unpaired) electrons. The Hall–Kier alpha value is -3.47. The zero-order valence-corrected chi connectivity index (χ0v) is 22.0. The van der Waals surface area contributed by atoms with Gasteiger partial charge in [0, 0.05) is 12.2 Å². The van der Waals surface area contributed by atoms with Gasteiger partial charge >= 0.3 is 5.97 Å². The van der Waals surface area contributed by atoms with Crippen molar-refractivity contribution in [1.82, 2.24) is 4.90 Å². The highest BCUT2D eigenvalue weighted by molar-refractivity contribution is 7.92. The molecule has 0 atom stereocenters. The second-order valence-corrected chi connectivity index (χ2v) is 9.48. The van der Waals surface area contributed by atoms with Crippen LogP contribution >= 0.6 is 0 Å². The van der Waals surface area contributed by atoms with Crippen molar-refractivity contribution in [3.05, 3.63) is 89.7 Å². The van der Waals surface area contributed by atoms with Gasteiger partial charge in [-0.25, -0.2) is 17.6 Å². The second kappa shape index (κ2) is 13.7. The van der Waals surface area contributed by atoms with Gasteiger partial charge in [0.05, 0.1) is 21.7 Å². The number of amides is 1. The van der Waals surface area contributed by atoms with E-state index in [1.807, 2.05) is 13.8 Å². The molecule has 0 aromatic heterocycles. The summed E-state index contributed by atoms with van der Waals surface area (Å²) in [5, 5.41) is 2.69. The Balaban J connectivity index is 0.00000481. The van der Waals surface area contributed by atoms with Crippen molar-refractivity contribution in [2.24, 2.45) is 0 Å². The smallest absolute Gasteiger partial charge is 0.338 e. The number of sulfonamides is 1. The topological polar surface area (TPSA) is 105 Å². The van der Waals surface area contributed by atoms with Crippen molar-refractivity contribution >= 4 is 33.3 Å². The molecular formula is C26H28ClFN3O5S-. The predicted octanol–water partition coefficient (Wildman–Crippen LogP) is 1.38. The quantitative estimate of drug-likeness (QED) is 0.351. The van der Waals surface area contributed by atoms with Crippen LogP contribution in [0.1, 0.15) is 34.6 Å². The number of para-hydroxylation sites is 1. The number of rotatable bonds is 11. The van der Waals surface area contributed by atoms with E-state index in [4.69, 9.17) is 4.74 Å². The number of carbonyl (C=O) groups is 2. The monoisotopic (exact) mass is 548 g/mol. The van der Waals surface area contributed by atoms with Crippen molar-refractivity contribution in [1.29, 1.82) is 0 Å². The summed E-state index contributed by atoms with van der Waals surface area (Å²) in [6.45, 7) is 6.76. The maximum Gasteiger partial charge on any atom is 0.338 e. The Bertz CT molecular complexity index is 1300. The second-order valence-electron chi connectivity index (χ2n) is 7.80. The molecule has 3 aromatic carbocycles. The molecule has 3 rings (SSSR count). The molecule has 0 saturated carbocycles. The molecule has 0 saturated heterocycles. The lowest BCUT2D eigenvalue weighted by Crippen LogP contribution is -3.00. The maximum atomic E-state index is 13.2. The van der Waals surface area contributed by atoms with Crippen molar-refractivity contribution in [2.75, 3.05) is 36.3 Å². The van der Waals surface area contributed by atoms with E-state index in [0.29, 0.717) is 17.8 Å². The first-order chi connectivity index (χ1) is 17.2. The largest absolute Gasteiger partial charge is 1.00 e. The van der Waals surface area contributed by atoms with E-state index in [-0.39, 0.29) is 35.2 Å². The van der Waals surface area contributed by atoms with Crippen LogP contribution in [0.5, 0.6) is 0 Å². The Morgan fingerprint density at radius 3 is 2.16 bits per heavy atom. The molecular weight excluding hydrogens is 521 g/mol. The zero-order valence-electron chi connectivity index (χ0n) is 20.4. The number of carbonyl (C=O) groups excluding carboxylic acids is 2. The number of likely N-dealkylation sites (N-methyl/N-ethyl adjacent to an activating group) is 1. The van der Waals surface area contributed by atoms with E-state index in [0.717, 1.165) is 37.4 Å². The summed E-state index contributed by atoms with van der Waals surface area (Å²) in [5.41, 5.74) is 0.909. The number of nitrogens with one attached hydrogen (secondary N) is 2. The van der Waals surface area contributed by atoms with Gasteiger partial charge < -0.3 is 27.4 Å². The van der Waals surface area contributed by atoms with Gasteiger partial charge in [-0.05, 0) is 73.8 Å². The van der Waals surface area contributed by atoms with E-state index in [1.165, 1.54) is 12.1 Å². The molecule has 1 amide bonds. The third-order valence-electron chi connectivity index (χ3n) is 5.45. The number of hydrogen-bond acceptors (Lipinski definition) is 6. The average molecular weight is 549 g/mol. The normalized spacial score (nSPS) is 10.9. The minimum absolute atomic E-state index is 0. The Labute approximate surface area is 222 Å². The lowest BCUT2D eigenvalue weighted by atomic mass is 10.1. The molecule has 0 aliphatic rings. The van der Waals surface area contributed by atoms with Gasteiger partial charge in [-0.2, -0.15) is 0 Å². The summed E-state index contributed by atoms with van der Waals surface area (Å²) in [4.78, 5) is 27.2. The van der Waals surface area contributed by atoms with Crippen LogP contribution in [0, 0.1) is 5.82 Å². The number of esters is 1. The molecule has 11 heteroatoms.